The molecule has 0 aliphatic rings. The molecule has 0 saturated heterocycles. The number of benzene rings is 1. The van der Waals surface area contributed by atoms with Crippen molar-refractivity contribution in [2.75, 3.05) is 5.73 Å². The zero-order chi connectivity index (χ0) is 11.5. The molecule has 16 heavy (non-hydrogen) atoms. The molecule has 0 fully saturated rings. The summed E-state index contributed by atoms with van der Waals surface area (Å²) in [5.74, 6) is 0. The molecular weight excluding hydrogens is 248 g/mol. The van der Waals surface area contributed by atoms with Crippen molar-refractivity contribution in [1.29, 1.82) is 0 Å². The lowest BCUT2D eigenvalue weighted by molar-refractivity contribution is 0.148. The minimum Gasteiger partial charge on any atom is -0.399 e. The van der Waals surface area contributed by atoms with Crippen LogP contribution in [-0.4, -0.2) is 0 Å². The smallest absolute Gasteiger partial charge is 0.265 e. The summed E-state index contributed by atoms with van der Waals surface area (Å²) in [6, 6.07) is 8.41. The Bertz CT molecular complexity index is 469. The van der Waals surface area contributed by atoms with Gasteiger partial charge in [-0.05, 0) is 29.6 Å². The first-order valence-corrected chi connectivity index (χ1v) is 6.25. The van der Waals surface area contributed by atoms with Crippen LogP contribution >= 0.6 is 23.1 Å². The van der Waals surface area contributed by atoms with Crippen LogP contribution in [0.5, 0.6) is 0 Å². The Labute approximate surface area is 100 Å². The number of anilines is 1. The molecule has 2 aromatic rings. The Morgan fingerprint density at radius 1 is 1.25 bits per heavy atom. The number of hydrogen-bond donors (Lipinski definition) is 1. The Balaban J connectivity index is 2.33. The van der Waals surface area contributed by atoms with Crippen molar-refractivity contribution in [3.63, 3.8) is 0 Å². The first-order valence-electron chi connectivity index (χ1n) is 4.56. The highest BCUT2D eigenvalue weighted by molar-refractivity contribution is 8.01. The molecule has 5 heteroatoms. The minimum atomic E-state index is -2.49. The maximum absolute atomic E-state index is 12.8. The van der Waals surface area contributed by atoms with Crippen LogP contribution in [0, 0.1) is 0 Å². The van der Waals surface area contributed by atoms with E-state index in [9.17, 15) is 8.78 Å². The van der Waals surface area contributed by atoms with Crippen LogP contribution < -0.4 is 5.73 Å². The molecule has 0 amide bonds. The normalized spacial score (nSPS) is 10.9. The second kappa shape index (κ2) is 4.84. The van der Waals surface area contributed by atoms with Gasteiger partial charge < -0.3 is 5.73 Å². The summed E-state index contributed by atoms with van der Waals surface area (Å²) in [6.45, 7) is 0. The van der Waals surface area contributed by atoms with Crippen LogP contribution in [0.2, 0.25) is 0 Å². The van der Waals surface area contributed by atoms with Crippen LogP contribution in [0.1, 0.15) is 12.0 Å². The molecule has 0 atom stereocenters. The summed E-state index contributed by atoms with van der Waals surface area (Å²) in [4.78, 5) is 0.562. The third kappa shape index (κ3) is 2.54. The summed E-state index contributed by atoms with van der Waals surface area (Å²) in [5, 5.41) is 1.92. The fourth-order valence-electron chi connectivity index (χ4n) is 1.26. The summed E-state index contributed by atoms with van der Waals surface area (Å²) in [5.41, 5.74) is 5.86. The molecule has 2 N–H and O–H groups in total. The summed E-state index contributed by atoms with van der Waals surface area (Å²) < 4.78 is 26.5. The van der Waals surface area contributed by atoms with Gasteiger partial charge in [0.1, 0.15) is 0 Å². The predicted octanol–water partition coefficient (Wildman–Crippen LogP) is 4.42. The quantitative estimate of drug-likeness (QED) is 0.824. The van der Waals surface area contributed by atoms with Crippen molar-refractivity contribution >= 4 is 28.8 Å². The average Bonchev–Trinajstić information content (AvgIpc) is 2.73. The van der Waals surface area contributed by atoms with E-state index in [-0.39, 0.29) is 5.56 Å². The Morgan fingerprint density at radius 2 is 2.06 bits per heavy atom. The van der Waals surface area contributed by atoms with Crippen molar-refractivity contribution in [3.8, 4) is 0 Å². The van der Waals surface area contributed by atoms with Gasteiger partial charge in [-0.1, -0.05) is 17.8 Å². The topological polar surface area (TPSA) is 26.0 Å². The maximum Gasteiger partial charge on any atom is 0.265 e. The van der Waals surface area contributed by atoms with Gasteiger partial charge in [0.25, 0.3) is 6.43 Å². The Hall–Kier alpha value is -1.07. The van der Waals surface area contributed by atoms with E-state index in [4.69, 9.17) is 5.73 Å². The zero-order valence-corrected chi connectivity index (χ0v) is 9.82. The summed E-state index contributed by atoms with van der Waals surface area (Å²) in [6.07, 6.45) is -2.49. The van der Waals surface area contributed by atoms with Gasteiger partial charge in [-0.3, -0.25) is 0 Å². The number of hydrogen-bond acceptors (Lipinski definition) is 3. The molecule has 1 nitrogen and oxygen atoms in total. The third-order valence-corrected chi connectivity index (χ3v) is 4.10. The van der Waals surface area contributed by atoms with Crippen molar-refractivity contribution in [1.82, 2.24) is 0 Å². The molecule has 2 rings (SSSR count). The molecule has 0 radical (unpaired) electrons. The van der Waals surface area contributed by atoms with E-state index in [0.717, 1.165) is 4.21 Å². The number of rotatable bonds is 3. The fourth-order valence-corrected chi connectivity index (χ4v) is 3.10. The van der Waals surface area contributed by atoms with Gasteiger partial charge in [-0.2, -0.15) is 0 Å². The van der Waals surface area contributed by atoms with Gasteiger partial charge in [0, 0.05) is 16.1 Å². The lowest BCUT2D eigenvalue weighted by Gasteiger charge is -2.08. The number of alkyl halides is 2. The molecule has 84 valence electrons. The molecule has 0 saturated carbocycles. The molecule has 0 unspecified atom stereocenters. The molecule has 1 aromatic carbocycles. The van der Waals surface area contributed by atoms with E-state index in [1.807, 2.05) is 17.5 Å². The standard InChI is InChI=1S/C11H9F2NS2/c12-11(13)8-6-7(14)3-4-9(8)16-10-2-1-5-15-10/h1-6,11H,14H2. The lowest BCUT2D eigenvalue weighted by Crippen LogP contribution is -1.92. The van der Waals surface area contributed by atoms with Crippen molar-refractivity contribution < 1.29 is 8.78 Å². The molecule has 0 spiro atoms. The van der Waals surface area contributed by atoms with Gasteiger partial charge in [0.2, 0.25) is 0 Å². The zero-order valence-electron chi connectivity index (χ0n) is 8.19. The minimum absolute atomic E-state index is 0.00148. The van der Waals surface area contributed by atoms with E-state index in [2.05, 4.69) is 0 Å². The van der Waals surface area contributed by atoms with E-state index < -0.39 is 6.43 Å². The SMILES string of the molecule is Nc1ccc(Sc2cccs2)c(C(F)F)c1. The van der Waals surface area contributed by atoms with Crippen molar-refractivity contribution in [2.24, 2.45) is 0 Å². The predicted molar refractivity (Wildman–Crippen MR) is 64.3 cm³/mol. The molecule has 1 heterocycles. The number of nitrogen functional groups attached to an aromatic ring is 1. The largest absolute Gasteiger partial charge is 0.399 e. The van der Waals surface area contributed by atoms with Crippen LogP contribution in [0.15, 0.2) is 44.8 Å². The highest BCUT2D eigenvalue weighted by Gasteiger charge is 2.14. The maximum atomic E-state index is 12.8. The average molecular weight is 257 g/mol. The fraction of sp³-hybridized carbons (Fsp3) is 0.0909. The van der Waals surface area contributed by atoms with Crippen LogP contribution in [0.3, 0.4) is 0 Å². The molecule has 0 bridgehead atoms. The van der Waals surface area contributed by atoms with E-state index >= 15 is 0 Å². The molecular formula is C11H9F2NS2. The van der Waals surface area contributed by atoms with Crippen molar-refractivity contribution in [3.05, 3.63) is 41.3 Å². The highest BCUT2D eigenvalue weighted by Crippen LogP contribution is 2.37. The number of thiophene rings is 1. The number of nitrogens with two attached hydrogens (primary N) is 1. The second-order valence-corrected chi connectivity index (χ2v) is 5.42. The third-order valence-electron chi connectivity index (χ3n) is 1.97. The lowest BCUT2D eigenvalue weighted by atomic mass is 10.2. The number of halogens is 2. The van der Waals surface area contributed by atoms with Gasteiger partial charge in [0.05, 0.1) is 4.21 Å². The van der Waals surface area contributed by atoms with Gasteiger partial charge >= 0.3 is 0 Å². The second-order valence-electron chi connectivity index (χ2n) is 3.13. The molecule has 0 aliphatic heterocycles. The van der Waals surface area contributed by atoms with Gasteiger partial charge in [-0.25, -0.2) is 8.78 Å². The monoisotopic (exact) mass is 257 g/mol. The first-order chi connectivity index (χ1) is 7.66. The summed E-state index contributed by atoms with van der Waals surface area (Å²) >= 11 is 2.87. The van der Waals surface area contributed by atoms with Crippen LogP contribution in [-0.2, 0) is 0 Å². The van der Waals surface area contributed by atoms with E-state index in [1.165, 1.54) is 29.2 Å². The van der Waals surface area contributed by atoms with Crippen LogP contribution in [0.4, 0.5) is 14.5 Å². The Morgan fingerprint density at radius 3 is 2.69 bits per heavy atom. The Kier molecular flexibility index (Phi) is 3.46. The van der Waals surface area contributed by atoms with E-state index in [1.54, 1.807) is 12.1 Å². The van der Waals surface area contributed by atoms with Crippen LogP contribution in [0.25, 0.3) is 0 Å². The summed E-state index contributed by atoms with van der Waals surface area (Å²) in [7, 11) is 0. The van der Waals surface area contributed by atoms with Gasteiger partial charge in [-0.15, -0.1) is 11.3 Å². The first kappa shape index (κ1) is 11.4. The van der Waals surface area contributed by atoms with Gasteiger partial charge in [0.15, 0.2) is 0 Å². The van der Waals surface area contributed by atoms with E-state index in [0.29, 0.717) is 10.6 Å². The highest BCUT2D eigenvalue weighted by atomic mass is 32.2. The van der Waals surface area contributed by atoms with Crippen molar-refractivity contribution in [2.45, 2.75) is 15.5 Å². The molecule has 0 aliphatic carbocycles. The molecule has 1 aromatic heterocycles.